The highest BCUT2D eigenvalue weighted by Gasteiger charge is 2.50. The average molecular weight is 239 g/mol. The maximum Gasteiger partial charge on any atom is 0.252 e. The van der Waals surface area contributed by atoms with Crippen LogP contribution in [-0.4, -0.2) is 36.2 Å². The van der Waals surface area contributed by atoms with Gasteiger partial charge in [0.15, 0.2) is 5.96 Å². The Bertz CT molecular complexity index is 352. The molecule has 96 valence electrons. The first-order chi connectivity index (χ1) is 7.97. The van der Waals surface area contributed by atoms with Gasteiger partial charge >= 0.3 is 0 Å². The molecule has 1 spiro atoms. The first-order valence-electron chi connectivity index (χ1n) is 6.25. The molecule has 0 aromatic carbocycles. The van der Waals surface area contributed by atoms with Crippen LogP contribution in [0.15, 0.2) is 4.99 Å². The third kappa shape index (κ3) is 2.44. The molecule has 0 bridgehead atoms. The number of nitrogens with one attached hydrogen (secondary N) is 2. The van der Waals surface area contributed by atoms with Gasteiger partial charge in [-0.25, -0.2) is 0 Å². The molecule has 2 aliphatic rings. The molecule has 0 aromatic heterocycles. The van der Waals surface area contributed by atoms with Gasteiger partial charge in [0.25, 0.3) is 5.91 Å². The van der Waals surface area contributed by atoms with Gasteiger partial charge in [0.05, 0.1) is 12.2 Å². The third-order valence-corrected chi connectivity index (χ3v) is 3.27. The SMILES string of the molecule is CCCN=C1NC(=O)C2(CCOC(C)(C)C2)N1. The Morgan fingerprint density at radius 1 is 1.47 bits per heavy atom. The van der Waals surface area contributed by atoms with Crippen molar-refractivity contribution in [2.24, 2.45) is 4.99 Å². The molecule has 0 aliphatic carbocycles. The molecular formula is C12H21N3O2. The summed E-state index contributed by atoms with van der Waals surface area (Å²) in [6.07, 6.45) is 2.35. The van der Waals surface area contributed by atoms with Crippen molar-refractivity contribution in [3.05, 3.63) is 0 Å². The summed E-state index contributed by atoms with van der Waals surface area (Å²) < 4.78 is 5.66. The molecule has 2 fully saturated rings. The van der Waals surface area contributed by atoms with E-state index in [0.717, 1.165) is 13.0 Å². The van der Waals surface area contributed by atoms with Gasteiger partial charge in [-0.3, -0.25) is 15.1 Å². The molecule has 5 nitrogen and oxygen atoms in total. The lowest BCUT2D eigenvalue weighted by molar-refractivity contribution is -0.136. The summed E-state index contributed by atoms with van der Waals surface area (Å²) in [4.78, 5) is 16.4. The van der Waals surface area contributed by atoms with Gasteiger partial charge in [0, 0.05) is 19.4 Å². The normalized spacial score (nSPS) is 33.8. The molecule has 1 atom stereocenters. The Labute approximate surface area is 102 Å². The van der Waals surface area contributed by atoms with Crippen molar-refractivity contribution >= 4 is 11.9 Å². The Balaban J connectivity index is 2.13. The Morgan fingerprint density at radius 2 is 2.24 bits per heavy atom. The largest absolute Gasteiger partial charge is 0.375 e. The van der Waals surface area contributed by atoms with Gasteiger partial charge in [0.1, 0.15) is 5.54 Å². The fourth-order valence-electron chi connectivity index (χ4n) is 2.51. The zero-order valence-electron chi connectivity index (χ0n) is 10.8. The zero-order chi connectivity index (χ0) is 12.5. The fourth-order valence-corrected chi connectivity index (χ4v) is 2.51. The lowest BCUT2D eigenvalue weighted by atomic mass is 9.81. The zero-order valence-corrected chi connectivity index (χ0v) is 10.8. The number of hydrogen-bond acceptors (Lipinski definition) is 3. The number of carbonyl (C=O) groups is 1. The molecule has 0 radical (unpaired) electrons. The van der Waals surface area contributed by atoms with Crippen molar-refractivity contribution in [1.82, 2.24) is 10.6 Å². The maximum absolute atomic E-state index is 12.1. The average Bonchev–Trinajstić information content (AvgIpc) is 2.51. The van der Waals surface area contributed by atoms with Crippen LogP contribution in [0.5, 0.6) is 0 Å². The summed E-state index contributed by atoms with van der Waals surface area (Å²) in [5.41, 5.74) is -0.781. The highest BCUT2D eigenvalue weighted by Crippen LogP contribution is 2.33. The molecule has 5 heteroatoms. The monoisotopic (exact) mass is 239 g/mol. The molecule has 2 heterocycles. The van der Waals surface area contributed by atoms with Crippen molar-refractivity contribution in [2.75, 3.05) is 13.2 Å². The molecule has 2 saturated heterocycles. The van der Waals surface area contributed by atoms with E-state index in [2.05, 4.69) is 22.5 Å². The van der Waals surface area contributed by atoms with E-state index in [4.69, 9.17) is 4.74 Å². The van der Waals surface area contributed by atoms with Crippen molar-refractivity contribution in [3.8, 4) is 0 Å². The molecule has 1 amide bonds. The first kappa shape index (κ1) is 12.4. The van der Waals surface area contributed by atoms with Gasteiger partial charge in [0.2, 0.25) is 0 Å². The molecule has 1 unspecified atom stereocenters. The third-order valence-electron chi connectivity index (χ3n) is 3.27. The van der Waals surface area contributed by atoms with Gasteiger partial charge < -0.3 is 10.1 Å². The van der Waals surface area contributed by atoms with Crippen LogP contribution in [0.2, 0.25) is 0 Å². The number of nitrogens with zero attached hydrogens (tertiary/aromatic N) is 1. The smallest absolute Gasteiger partial charge is 0.252 e. The minimum Gasteiger partial charge on any atom is -0.375 e. The molecule has 17 heavy (non-hydrogen) atoms. The van der Waals surface area contributed by atoms with Crippen molar-refractivity contribution in [3.63, 3.8) is 0 Å². The van der Waals surface area contributed by atoms with Crippen LogP contribution < -0.4 is 10.6 Å². The summed E-state index contributed by atoms with van der Waals surface area (Å²) in [6.45, 7) is 7.44. The minimum atomic E-state index is -0.520. The van der Waals surface area contributed by atoms with Crippen molar-refractivity contribution < 1.29 is 9.53 Å². The highest BCUT2D eigenvalue weighted by molar-refractivity contribution is 6.09. The van der Waals surface area contributed by atoms with Crippen molar-refractivity contribution in [2.45, 2.75) is 51.2 Å². The van der Waals surface area contributed by atoms with E-state index < -0.39 is 5.54 Å². The van der Waals surface area contributed by atoms with E-state index in [0.29, 0.717) is 25.4 Å². The summed E-state index contributed by atoms with van der Waals surface area (Å²) in [7, 11) is 0. The van der Waals surface area contributed by atoms with Gasteiger partial charge in [-0.05, 0) is 20.3 Å². The van der Waals surface area contributed by atoms with Crippen molar-refractivity contribution in [1.29, 1.82) is 0 Å². The minimum absolute atomic E-state index is 0.0312. The van der Waals surface area contributed by atoms with Crippen LogP contribution in [0.1, 0.15) is 40.0 Å². The molecule has 2 rings (SSSR count). The summed E-state index contributed by atoms with van der Waals surface area (Å²) in [6, 6.07) is 0. The van der Waals surface area contributed by atoms with Gasteiger partial charge in [-0.15, -0.1) is 0 Å². The number of hydrogen-bond donors (Lipinski definition) is 2. The predicted octanol–water partition coefficient (Wildman–Crippen LogP) is 0.800. The number of carbonyl (C=O) groups excluding carboxylic acids is 1. The Hall–Kier alpha value is -1.10. The Morgan fingerprint density at radius 3 is 2.88 bits per heavy atom. The highest BCUT2D eigenvalue weighted by atomic mass is 16.5. The second-order valence-electron chi connectivity index (χ2n) is 5.43. The van der Waals surface area contributed by atoms with E-state index in [1.165, 1.54) is 0 Å². The topological polar surface area (TPSA) is 62.7 Å². The number of rotatable bonds is 2. The Kier molecular flexibility index (Phi) is 3.12. The van der Waals surface area contributed by atoms with Crippen LogP contribution >= 0.6 is 0 Å². The van der Waals surface area contributed by atoms with Crippen LogP contribution in [0.4, 0.5) is 0 Å². The molecule has 0 aromatic rings. The van der Waals surface area contributed by atoms with Gasteiger partial charge in [-0.2, -0.15) is 0 Å². The van der Waals surface area contributed by atoms with Crippen LogP contribution in [0.3, 0.4) is 0 Å². The van der Waals surface area contributed by atoms with Crippen LogP contribution in [0.25, 0.3) is 0 Å². The summed E-state index contributed by atoms with van der Waals surface area (Å²) >= 11 is 0. The number of ether oxygens (including phenoxy) is 1. The second kappa shape index (κ2) is 4.29. The number of aliphatic imine (C=N–C) groups is 1. The van der Waals surface area contributed by atoms with E-state index in [1.54, 1.807) is 0 Å². The number of amides is 1. The lowest BCUT2D eigenvalue weighted by Gasteiger charge is -2.40. The molecular weight excluding hydrogens is 218 g/mol. The fraction of sp³-hybridized carbons (Fsp3) is 0.833. The molecule has 0 saturated carbocycles. The van der Waals surface area contributed by atoms with Gasteiger partial charge in [-0.1, -0.05) is 6.92 Å². The second-order valence-corrected chi connectivity index (χ2v) is 5.43. The summed E-state index contributed by atoms with van der Waals surface area (Å²) in [5, 5.41) is 6.09. The van der Waals surface area contributed by atoms with E-state index in [9.17, 15) is 4.79 Å². The lowest BCUT2D eigenvalue weighted by Crippen LogP contribution is -2.56. The molecule has 2 N–H and O–H groups in total. The number of guanidine groups is 1. The van der Waals surface area contributed by atoms with Crippen LogP contribution in [-0.2, 0) is 9.53 Å². The first-order valence-corrected chi connectivity index (χ1v) is 6.25. The van der Waals surface area contributed by atoms with E-state index in [1.807, 2.05) is 13.8 Å². The summed E-state index contributed by atoms with van der Waals surface area (Å²) in [5.74, 6) is 0.651. The standard InChI is InChI=1S/C12H21N3O2/c1-4-6-13-10-14-9(16)12(15-10)5-7-17-11(2,3)8-12/h4-8H2,1-3H3,(H2,13,14,15,16). The predicted molar refractivity (Wildman–Crippen MR) is 65.9 cm³/mol. The van der Waals surface area contributed by atoms with E-state index >= 15 is 0 Å². The maximum atomic E-state index is 12.1. The quantitative estimate of drug-likeness (QED) is 0.749. The molecule has 2 aliphatic heterocycles. The van der Waals surface area contributed by atoms with Crippen LogP contribution in [0, 0.1) is 0 Å². The van der Waals surface area contributed by atoms with E-state index in [-0.39, 0.29) is 11.5 Å².